The molecule has 0 fully saturated rings. The van der Waals surface area contributed by atoms with Crippen molar-refractivity contribution in [3.8, 4) is 5.75 Å². The van der Waals surface area contributed by atoms with Gasteiger partial charge in [0.1, 0.15) is 5.75 Å². The topological polar surface area (TPSA) is 60.0 Å². The SMILES string of the molecule is COc1ccc(N=NC(N)=S)cc1. The van der Waals surface area contributed by atoms with E-state index in [1.807, 2.05) is 0 Å². The van der Waals surface area contributed by atoms with Gasteiger partial charge in [-0.1, -0.05) is 0 Å². The van der Waals surface area contributed by atoms with Crippen molar-refractivity contribution in [3.05, 3.63) is 24.3 Å². The van der Waals surface area contributed by atoms with Crippen molar-refractivity contribution in [1.29, 1.82) is 0 Å². The van der Waals surface area contributed by atoms with Crippen LogP contribution in [0.5, 0.6) is 5.75 Å². The molecular formula is C8H9N3OS. The molecule has 0 saturated carbocycles. The average molecular weight is 195 g/mol. The number of azo groups is 1. The predicted octanol–water partition coefficient (Wildman–Crippen LogP) is 2.02. The molecule has 0 heterocycles. The van der Waals surface area contributed by atoms with Gasteiger partial charge >= 0.3 is 0 Å². The van der Waals surface area contributed by atoms with E-state index in [2.05, 4.69) is 22.4 Å². The molecule has 0 saturated heterocycles. The first-order valence-electron chi connectivity index (χ1n) is 3.57. The van der Waals surface area contributed by atoms with Gasteiger partial charge in [-0.25, -0.2) is 0 Å². The Hall–Kier alpha value is -1.49. The largest absolute Gasteiger partial charge is 0.497 e. The summed E-state index contributed by atoms with van der Waals surface area (Å²) in [4.78, 5) is 0. The van der Waals surface area contributed by atoms with Crippen LogP contribution in [0.4, 0.5) is 5.69 Å². The lowest BCUT2D eigenvalue weighted by atomic mass is 10.3. The van der Waals surface area contributed by atoms with Gasteiger partial charge in [0, 0.05) is 0 Å². The van der Waals surface area contributed by atoms with Crippen LogP contribution < -0.4 is 10.5 Å². The van der Waals surface area contributed by atoms with Crippen molar-refractivity contribution < 1.29 is 4.74 Å². The molecule has 0 amide bonds. The normalized spacial score (nSPS) is 10.2. The first kappa shape index (κ1) is 9.60. The van der Waals surface area contributed by atoms with Crippen LogP contribution in [-0.2, 0) is 0 Å². The molecule has 13 heavy (non-hydrogen) atoms. The highest BCUT2D eigenvalue weighted by molar-refractivity contribution is 7.80. The minimum atomic E-state index is 0.0239. The summed E-state index contributed by atoms with van der Waals surface area (Å²) >= 11 is 4.54. The third-order valence-electron chi connectivity index (χ3n) is 1.34. The van der Waals surface area contributed by atoms with Gasteiger partial charge in [-0.2, -0.15) is 0 Å². The zero-order valence-electron chi connectivity index (χ0n) is 7.10. The summed E-state index contributed by atoms with van der Waals surface area (Å²) in [5, 5.41) is 7.35. The van der Waals surface area contributed by atoms with E-state index in [9.17, 15) is 0 Å². The maximum absolute atomic E-state index is 5.14. The average Bonchev–Trinajstić information content (AvgIpc) is 2.15. The quantitative estimate of drug-likeness (QED) is 0.580. The van der Waals surface area contributed by atoms with Gasteiger partial charge in [0.05, 0.1) is 12.8 Å². The summed E-state index contributed by atoms with van der Waals surface area (Å²) in [6, 6.07) is 7.10. The summed E-state index contributed by atoms with van der Waals surface area (Å²) in [5.41, 5.74) is 5.83. The maximum Gasteiger partial charge on any atom is 0.211 e. The zero-order chi connectivity index (χ0) is 9.68. The lowest BCUT2D eigenvalue weighted by Gasteiger charge is -1.97. The number of hydrogen-bond donors (Lipinski definition) is 1. The second-order valence-corrected chi connectivity index (χ2v) is 2.65. The van der Waals surface area contributed by atoms with Gasteiger partial charge in [0.15, 0.2) is 0 Å². The minimum Gasteiger partial charge on any atom is -0.497 e. The van der Waals surface area contributed by atoms with Crippen molar-refractivity contribution in [2.75, 3.05) is 7.11 Å². The van der Waals surface area contributed by atoms with E-state index < -0.39 is 0 Å². The molecule has 1 rings (SSSR count). The Labute approximate surface area is 81.4 Å². The maximum atomic E-state index is 5.14. The summed E-state index contributed by atoms with van der Waals surface area (Å²) in [5.74, 6) is 0.772. The highest BCUT2D eigenvalue weighted by atomic mass is 32.1. The van der Waals surface area contributed by atoms with Crippen LogP contribution in [0.15, 0.2) is 34.5 Å². The number of nitrogens with zero attached hydrogens (tertiary/aromatic N) is 2. The van der Waals surface area contributed by atoms with Gasteiger partial charge in [-0.3, -0.25) is 0 Å². The van der Waals surface area contributed by atoms with E-state index in [-0.39, 0.29) is 5.11 Å². The Morgan fingerprint density at radius 2 is 2.00 bits per heavy atom. The van der Waals surface area contributed by atoms with E-state index >= 15 is 0 Å². The molecule has 0 spiro atoms. The second kappa shape index (κ2) is 4.51. The molecule has 0 aliphatic rings. The van der Waals surface area contributed by atoms with Crippen LogP contribution in [-0.4, -0.2) is 12.2 Å². The Morgan fingerprint density at radius 1 is 1.38 bits per heavy atom. The third-order valence-corrected chi connectivity index (χ3v) is 1.42. The standard InChI is InChI=1S/C8H9N3OS/c1-12-7-4-2-6(3-5-7)10-11-8(9)13/h2-5H,1H3,(H2,9,13). The first-order valence-corrected chi connectivity index (χ1v) is 3.98. The number of nitrogens with two attached hydrogens (primary N) is 1. The molecule has 68 valence electrons. The van der Waals surface area contributed by atoms with Crippen LogP contribution >= 0.6 is 12.2 Å². The lowest BCUT2D eigenvalue weighted by molar-refractivity contribution is 0.415. The molecule has 1 aromatic rings. The summed E-state index contributed by atoms with van der Waals surface area (Å²) in [7, 11) is 1.60. The Kier molecular flexibility index (Phi) is 3.33. The van der Waals surface area contributed by atoms with Crippen molar-refractivity contribution in [3.63, 3.8) is 0 Å². The van der Waals surface area contributed by atoms with Crippen LogP contribution in [0.2, 0.25) is 0 Å². The smallest absolute Gasteiger partial charge is 0.211 e. The Morgan fingerprint density at radius 3 is 2.46 bits per heavy atom. The molecule has 0 aromatic heterocycles. The number of benzene rings is 1. The van der Waals surface area contributed by atoms with Gasteiger partial charge in [-0.15, -0.1) is 10.2 Å². The van der Waals surface area contributed by atoms with Gasteiger partial charge < -0.3 is 10.5 Å². The highest BCUT2D eigenvalue weighted by Gasteiger charge is 1.91. The van der Waals surface area contributed by atoms with Crippen molar-refractivity contribution >= 4 is 23.0 Å². The Balaban J connectivity index is 2.75. The molecule has 0 unspecified atom stereocenters. The fraction of sp³-hybridized carbons (Fsp3) is 0.125. The molecule has 5 heteroatoms. The summed E-state index contributed by atoms with van der Waals surface area (Å²) in [6.45, 7) is 0. The fourth-order valence-electron chi connectivity index (χ4n) is 0.756. The van der Waals surface area contributed by atoms with Crippen molar-refractivity contribution in [2.24, 2.45) is 16.0 Å². The number of methoxy groups -OCH3 is 1. The van der Waals surface area contributed by atoms with Gasteiger partial charge in [0.2, 0.25) is 5.11 Å². The molecule has 2 N–H and O–H groups in total. The predicted molar refractivity (Wildman–Crippen MR) is 54.3 cm³/mol. The molecule has 0 aliphatic carbocycles. The number of rotatable bonds is 2. The molecule has 0 atom stereocenters. The van der Waals surface area contributed by atoms with Crippen LogP contribution in [0.1, 0.15) is 0 Å². The molecule has 4 nitrogen and oxygen atoms in total. The van der Waals surface area contributed by atoms with Crippen molar-refractivity contribution in [1.82, 2.24) is 0 Å². The first-order chi connectivity index (χ1) is 6.22. The van der Waals surface area contributed by atoms with Crippen LogP contribution in [0.25, 0.3) is 0 Å². The van der Waals surface area contributed by atoms with Crippen molar-refractivity contribution in [2.45, 2.75) is 0 Å². The van der Waals surface area contributed by atoms with Gasteiger partial charge in [-0.05, 0) is 36.5 Å². The number of thiocarbonyl (C=S) groups is 1. The lowest BCUT2D eigenvalue weighted by Crippen LogP contribution is -2.01. The van der Waals surface area contributed by atoms with E-state index in [4.69, 9.17) is 10.5 Å². The van der Waals surface area contributed by atoms with E-state index in [0.717, 1.165) is 5.75 Å². The number of ether oxygens (including phenoxy) is 1. The third kappa shape index (κ3) is 3.16. The molecule has 0 bridgehead atoms. The van der Waals surface area contributed by atoms with E-state index in [0.29, 0.717) is 5.69 Å². The monoisotopic (exact) mass is 195 g/mol. The minimum absolute atomic E-state index is 0.0239. The zero-order valence-corrected chi connectivity index (χ0v) is 7.91. The molecule has 0 radical (unpaired) electrons. The van der Waals surface area contributed by atoms with Gasteiger partial charge in [0.25, 0.3) is 0 Å². The highest BCUT2D eigenvalue weighted by Crippen LogP contribution is 2.17. The Bertz CT molecular complexity index is 321. The fourth-order valence-corrected chi connectivity index (χ4v) is 0.797. The molecule has 1 aromatic carbocycles. The van der Waals surface area contributed by atoms with E-state index in [1.165, 1.54) is 0 Å². The van der Waals surface area contributed by atoms with Crippen LogP contribution in [0, 0.1) is 0 Å². The molecule has 0 aliphatic heterocycles. The molecular weight excluding hydrogens is 186 g/mol. The summed E-state index contributed by atoms with van der Waals surface area (Å²) in [6.07, 6.45) is 0. The number of hydrogen-bond acceptors (Lipinski definition) is 3. The van der Waals surface area contributed by atoms with E-state index in [1.54, 1.807) is 31.4 Å². The van der Waals surface area contributed by atoms with Crippen LogP contribution in [0.3, 0.4) is 0 Å². The summed E-state index contributed by atoms with van der Waals surface area (Å²) < 4.78 is 4.97. The second-order valence-electron chi connectivity index (χ2n) is 2.24.